The monoisotopic (exact) mass is 228 g/mol. The molecule has 0 amide bonds. The van der Waals surface area contributed by atoms with Crippen LogP contribution in [0.2, 0.25) is 0 Å². The molecule has 1 heterocycles. The number of hydrogen-bond acceptors (Lipinski definition) is 3. The summed E-state index contributed by atoms with van der Waals surface area (Å²) >= 11 is 0. The van der Waals surface area contributed by atoms with Crippen molar-refractivity contribution in [2.75, 3.05) is 26.7 Å². The van der Waals surface area contributed by atoms with Gasteiger partial charge in [0.05, 0.1) is 6.10 Å². The zero-order chi connectivity index (χ0) is 12.0. The van der Waals surface area contributed by atoms with E-state index in [2.05, 4.69) is 38.0 Å². The number of nitrogens with zero attached hydrogens (tertiary/aromatic N) is 1. The van der Waals surface area contributed by atoms with Crippen LogP contribution >= 0.6 is 0 Å². The molecule has 0 aromatic rings. The largest absolute Gasteiger partial charge is 0.377 e. The van der Waals surface area contributed by atoms with Gasteiger partial charge in [0.1, 0.15) is 0 Å². The molecule has 3 heteroatoms. The van der Waals surface area contributed by atoms with Gasteiger partial charge in [0.2, 0.25) is 0 Å². The van der Waals surface area contributed by atoms with Crippen molar-refractivity contribution in [1.82, 2.24) is 10.2 Å². The SMILES string of the molecule is CC(C)NCC(C)OCCC1CCCN1C. The van der Waals surface area contributed by atoms with Crippen molar-refractivity contribution >= 4 is 0 Å². The highest BCUT2D eigenvalue weighted by molar-refractivity contribution is 4.75. The van der Waals surface area contributed by atoms with Crippen molar-refractivity contribution in [3.05, 3.63) is 0 Å². The minimum atomic E-state index is 0.328. The van der Waals surface area contributed by atoms with Crippen LogP contribution in [0, 0.1) is 0 Å². The molecule has 96 valence electrons. The molecule has 3 nitrogen and oxygen atoms in total. The first kappa shape index (κ1) is 13.9. The van der Waals surface area contributed by atoms with Gasteiger partial charge in [0.15, 0.2) is 0 Å². The van der Waals surface area contributed by atoms with E-state index in [0.717, 1.165) is 19.2 Å². The van der Waals surface area contributed by atoms with Gasteiger partial charge in [-0.3, -0.25) is 0 Å². The average molecular weight is 228 g/mol. The maximum atomic E-state index is 5.81. The molecule has 1 rings (SSSR count). The summed E-state index contributed by atoms with van der Waals surface area (Å²) in [5, 5.41) is 3.40. The Labute approximate surface area is 101 Å². The van der Waals surface area contributed by atoms with Gasteiger partial charge in [-0.25, -0.2) is 0 Å². The fraction of sp³-hybridized carbons (Fsp3) is 1.00. The summed E-state index contributed by atoms with van der Waals surface area (Å²) in [5.41, 5.74) is 0. The molecule has 0 radical (unpaired) electrons. The Morgan fingerprint density at radius 3 is 2.69 bits per heavy atom. The highest BCUT2D eigenvalue weighted by Crippen LogP contribution is 2.17. The van der Waals surface area contributed by atoms with Crippen LogP contribution in [-0.4, -0.2) is 49.8 Å². The fourth-order valence-corrected chi connectivity index (χ4v) is 2.21. The van der Waals surface area contributed by atoms with Crippen LogP contribution in [0.15, 0.2) is 0 Å². The quantitative estimate of drug-likeness (QED) is 0.720. The Bertz CT molecular complexity index is 185. The van der Waals surface area contributed by atoms with Gasteiger partial charge in [-0.1, -0.05) is 13.8 Å². The van der Waals surface area contributed by atoms with Gasteiger partial charge in [-0.05, 0) is 39.8 Å². The Balaban J connectivity index is 2.01. The minimum absolute atomic E-state index is 0.328. The lowest BCUT2D eigenvalue weighted by atomic mass is 10.1. The Hall–Kier alpha value is -0.120. The maximum Gasteiger partial charge on any atom is 0.0671 e. The topological polar surface area (TPSA) is 24.5 Å². The lowest BCUT2D eigenvalue weighted by Crippen LogP contribution is -2.33. The molecule has 1 saturated heterocycles. The maximum absolute atomic E-state index is 5.81. The summed E-state index contributed by atoms with van der Waals surface area (Å²) in [5.74, 6) is 0. The third kappa shape index (κ3) is 5.28. The summed E-state index contributed by atoms with van der Waals surface area (Å²) in [6, 6.07) is 1.30. The van der Waals surface area contributed by atoms with Crippen LogP contribution in [0.3, 0.4) is 0 Å². The molecule has 0 bridgehead atoms. The van der Waals surface area contributed by atoms with Crippen LogP contribution in [0.25, 0.3) is 0 Å². The average Bonchev–Trinajstić information content (AvgIpc) is 2.61. The van der Waals surface area contributed by atoms with Crippen LogP contribution in [0.5, 0.6) is 0 Å². The first-order valence-electron chi connectivity index (χ1n) is 6.65. The number of rotatable bonds is 7. The van der Waals surface area contributed by atoms with E-state index in [1.165, 1.54) is 25.8 Å². The minimum Gasteiger partial charge on any atom is -0.377 e. The molecule has 1 N–H and O–H groups in total. The molecule has 1 fully saturated rings. The third-order valence-corrected chi connectivity index (χ3v) is 3.34. The van der Waals surface area contributed by atoms with E-state index >= 15 is 0 Å². The standard InChI is InChI=1S/C13H28N2O/c1-11(2)14-10-12(3)16-9-7-13-6-5-8-15(13)4/h11-14H,5-10H2,1-4H3. The number of ether oxygens (including phenoxy) is 1. The molecule has 0 spiro atoms. The zero-order valence-electron chi connectivity index (χ0n) is 11.3. The van der Waals surface area contributed by atoms with E-state index in [1.807, 2.05) is 0 Å². The summed E-state index contributed by atoms with van der Waals surface area (Å²) in [7, 11) is 2.22. The lowest BCUT2D eigenvalue weighted by molar-refractivity contribution is 0.0527. The molecule has 2 atom stereocenters. The predicted molar refractivity (Wildman–Crippen MR) is 68.8 cm³/mol. The molecule has 1 aliphatic rings. The van der Waals surface area contributed by atoms with Crippen molar-refractivity contribution in [2.24, 2.45) is 0 Å². The first-order chi connectivity index (χ1) is 7.59. The second kappa shape index (κ2) is 7.25. The smallest absolute Gasteiger partial charge is 0.0671 e. The van der Waals surface area contributed by atoms with E-state index < -0.39 is 0 Å². The second-order valence-corrected chi connectivity index (χ2v) is 5.31. The Morgan fingerprint density at radius 1 is 1.38 bits per heavy atom. The summed E-state index contributed by atoms with van der Waals surface area (Å²) in [6.45, 7) is 9.59. The van der Waals surface area contributed by atoms with E-state index in [4.69, 9.17) is 4.74 Å². The van der Waals surface area contributed by atoms with E-state index in [9.17, 15) is 0 Å². The highest BCUT2D eigenvalue weighted by Gasteiger charge is 2.20. The van der Waals surface area contributed by atoms with Crippen LogP contribution in [0.1, 0.15) is 40.0 Å². The second-order valence-electron chi connectivity index (χ2n) is 5.31. The summed E-state index contributed by atoms with van der Waals surface area (Å²) in [4.78, 5) is 2.46. The predicted octanol–water partition coefficient (Wildman–Crippen LogP) is 1.87. The molecule has 16 heavy (non-hydrogen) atoms. The number of nitrogens with one attached hydrogen (secondary N) is 1. The van der Waals surface area contributed by atoms with Crippen LogP contribution in [-0.2, 0) is 4.74 Å². The molecule has 0 saturated carbocycles. The highest BCUT2D eigenvalue weighted by atomic mass is 16.5. The van der Waals surface area contributed by atoms with Gasteiger partial charge in [-0.15, -0.1) is 0 Å². The van der Waals surface area contributed by atoms with Gasteiger partial charge >= 0.3 is 0 Å². The normalized spacial score (nSPS) is 24.2. The number of hydrogen-bond donors (Lipinski definition) is 1. The van der Waals surface area contributed by atoms with E-state index in [0.29, 0.717) is 12.1 Å². The van der Waals surface area contributed by atoms with Crippen molar-refractivity contribution in [1.29, 1.82) is 0 Å². The van der Waals surface area contributed by atoms with Gasteiger partial charge < -0.3 is 15.0 Å². The summed E-state index contributed by atoms with van der Waals surface area (Å²) in [6.07, 6.45) is 4.21. The van der Waals surface area contributed by atoms with Crippen LogP contribution < -0.4 is 5.32 Å². The van der Waals surface area contributed by atoms with E-state index in [-0.39, 0.29) is 0 Å². The van der Waals surface area contributed by atoms with Gasteiger partial charge in [0, 0.05) is 25.2 Å². The fourth-order valence-electron chi connectivity index (χ4n) is 2.21. The summed E-state index contributed by atoms with van der Waals surface area (Å²) < 4.78 is 5.81. The van der Waals surface area contributed by atoms with Crippen molar-refractivity contribution in [3.63, 3.8) is 0 Å². The Morgan fingerprint density at radius 2 is 2.12 bits per heavy atom. The lowest BCUT2D eigenvalue weighted by Gasteiger charge is -2.21. The van der Waals surface area contributed by atoms with Crippen LogP contribution in [0.4, 0.5) is 0 Å². The van der Waals surface area contributed by atoms with Crippen molar-refractivity contribution in [2.45, 2.75) is 58.2 Å². The molecule has 1 aliphatic heterocycles. The molecular weight excluding hydrogens is 200 g/mol. The molecule has 0 aliphatic carbocycles. The van der Waals surface area contributed by atoms with Gasteiger partial charge in [0.25, 0.3) is 0 Å². The molecule has 2 unspecified atom stereocenters. The molecule has 0 aromatic heterocycles. The van der Waals surface area contributed by atoms with E-state index in [1.54, 1.807) is 0 Å². The molecule has 0 aromatic carbocycles. The van der Waals surface area contributed by atoms with Crippen molar-refractivity contribution in [3.8, 4) is 0 Å². The third-order valence-electron chi connectivity index (χ3n) is 3.34. The number of likely N-dealkylation sites (tertiary alicyclic amines) is 1. The van der Waals surface area contributed by atoms with Crippen molar-refractivity contribution < 1.29 is 4.74 Å². The van der Waals surface area contributed by atoms with Gasteiger partial charge in [-0.2, -0.15) is 0 Å². The first-order valence-corrected chi connectivity index (χ1v) is 6.65. The zero-order valence-corrected chi connectivity index (χ0v) is 11.3. The Kier molecular flexibility index (Phi) is 6.32. The molecular formula is C13H28N2O.